The van der Waals surface area contributed by atoms with E-state index in [4.69, 9.17) is 0 Å². The summed E-state index contributed by atoms with van der Waals surface area (Å²) in [5.74, 6) is 1.46. The van der Waals surface area contributed by atoms with Gasteiger partial charge in [0.2, 0.25) is 0 Å². The second-order valence-electron chi connectivity index (χ2n) is 3.27. The zero-order chi connectivity index (χ0) is 8.39. The molecule has 0 fully saturated rings. The van der Waals surface area contributed by atoms with Crippen LogP contribution in [0.5, 0.6) is 0 Å². The van der Waals surface area contributed by atoms with Crippen molar-refractivity contribution in [1.29, 1.82) is 0 Å². The summed E-state index contributed by atoms with van der Waals surface area (Å²) in [4.78, 5) is 0. The zero-order valence-corrected chi connectivity index (χ0v) is 11.5. The van der Waals surface area contributed by atoms with Crippen LogP contribution in [0.1, 0.15) is 24.0 Å². The first-order valence-electron chi connectivity index (χ1n) is 4.43. The van der Waals surface area contributed by atoms with Crippen molar-refractivity contribution in [3.05, 3.63) is 53.5 Å². The molecule has 0 saturated carbocycles. The van der Waals surface area contributed by atoms with Gasteiger partial charge in [0.1, 0.15) is 0 Å². The molecule has 0 saturated heterocycles. The predicted molar refractivity (Wildman–Crippen MR) is 55.9 cm³/mol. The van der Waals surface area contributed by atoms with Crippen LogP contribution < -0.4 is 0 Å². The molecule has 0 N–H and O–H groups in total. The van der Waals surface area contributed by atoms with Gasteiger partial charge in [-0.15, -0.1) is 23.3 Å². The monoisotopic (exact) mass is 340 g/mol. The van der Waals surface area contributed by atoms with Crippen molar-refractivity contribution in [2.75, 3.05) is 0 Å². The summed E-state index contributed by atoms with van der Waals surface area (Å²) in [6, 6.07) is 0. The molecule has 0 aromatic rings. The Bertz CT molecular complexity index is 273. The molecule has 2 aliphatic carbocycles. The second-order valence-corrected chi connectivity index (χ2v) is 3.27. The van der Waals surface area contributed by atoms with Crippen LogP contribution in [-0.4, -0.2) is 0 Å². The Kier molecular flexibility index (Phi) is 3.98. The Hall–Kier alpha value is -0.300. The fourth-order valence-corrected chi connectivity index (χ4v) is 1.66. The molecular formula is C12H16Hf. The molecule has 68 valence electrons. The molecule has 13 heavy (non-hydrogen) atoms. The van der Waals surface area contributed by atoms with Gasteiger partial charge in [0, 0.05) is 0 Å². The summed E-state index contributed by atoms with van der Waals surface area (Å²) in [5, 5.41) is 0. The number of hydrogen-bond donors (Lipinski definition) is 0. The maximum Gasteiger partial charge on any atom is 4.00 e. The Morgan fingerprint density at radius 2 is 1.54 bits per heavy atom. The van der Waals surface area contributed by atoms with E-state index in [9.17, 15) is 0 Å². The maximum atomic E-state index is 2.22. The van der Waals surface area contributed by atoms with E-state index in [1.54, 1.807) is 0 Å². The molecule has 2 aliphatic rings. The largest absolute Gasteiger partial charge is 4.00 e. The normalized spacial score (nSPS) is 18.2. The van der Waals surface area contributed by atoms with E-state index in [0.29, 0.717) is 0 Å². The van der Waals surface area contributed by atoms with Crippen molar-refractivity contribution in [3.8, 4) is 0 Å². The van der Waals surface area contributed by atoms with Gasteiger partial charge in [0.25, 0.3) is 0 Å². The number of hydrogen-bond acceptors (Lipinski definition) is 0. The first kappa shape index (κ1) is 10.8. The van der Waals surface area contributed by atoms with Crippen molar-refractivity contribution in [1.82, 2.24) is 0 Å². The van der Waals surface area contributed by atoms with Gasteiger partial charge in [-0.25, -0.2) is 0 Å². The Labute approximate surface area is 103 Å². The molecule has 0 amide bonds. The molecular weight excluding hydrogens is 323 g/mol. The third-order valence-corrected chi connectivity index (χ3v) is 2.51. The first-order valence-corrected chi connectivity index (χ1v) is 4.43. The molecule has 2 rings (SSSR count). The average Bonchev–Trinajstić information content (AvgIpc) is 2.77. The number of allylic oxidation sites excluding steroid dienone is 8. The van der Waals surface area contributed by atoms with Crippen LogP contribution in [0.2, 0.25) is 0 Å². The summed E-state index contributed by atoms with van der Waals surface area (Å²) in [6.07, 6.45) is 15.4. The molecule has 0 radical (unpaired) electrons. The van der Waals surface area contributed by atoms with Crippen LogP contribution in [-0.2, 0) is 25.8 Å². The molecule has 0 aromatic heterocycles. The molecule has 1 heteroatoms. The fraction of sp³-hybridized carbons (Fsp3) is 0.250. The Morgan fingerprint density at radius 3 is 1.85 bits per heavy atom. The Morgan fingerprint density at radius 1 is 1.08 bits per heavy atom. The van der Waals surface area contributed by atoms with Crippen molar-refractivity contribution < 1.29 is 30.1 Å². The van der Waals surface area contributed by atoms with Crippen LogP contribution in [0.4, 0.5) is 0 Å². The standard InChI is InChI=1S/C12H13.Hf.3H/c1-10(11-6-2-3-7-11)12-8-4-5-9-12;;;;/h2-6,8H,7,9H2,1H3;;;;/q-1;+4;3*-1. The minimum Gasteiger partial charge on any atom is -1.00 e. The van der Waals surface area contributed by atoms with Gasteiger partial charge in [0.05, 0.1) is 0 Å². The fourth-order valence-electron chi connectivity index (χ4n) is 1.66. The molecule has 0 atom stereocenters. The van der Waals surface area contributed by atoms with E-state index in [1.807, 2.05) is 0 Å². The molecule has 0 nitrogen and oxygen atoms in total. The average molecular weight is 339 g/mol. The van der Waals surface area contributed by atoms with E-state index >= 15 is 0 Å². The summed E-state index contributed by atoms with van der Waals surface area (Å²) in [7, 11) is 0. The third-order valence-electron chi connectivity index (χ3n) is 2.51. The topological polar surface area (TPSA) is 0 Å². The van der Waals surface area contributed by atoms with Crippen LogP contribution >= 0.6 is 0 Å². The van der Waals surface area contributed by atoms with E-state index in [2.05, 4.69) is 43.4 Å². The minimum absolute atomic E-state index is 0. The molecule has 0 unspecified atom stereocenters. The summed E-state index contributed by atoms with van der Waals surface area (Å²) in [5.41, 5.74) is 2.95. The first-order chi connectivity index (χ1) is 5.88. The molecule has 0 aliphatic heterocycles. The summed E-state index contributed by atoms with van der Waals surface area (Å²) < 4.78 is 0. The van der Waals surface area contributed by atoms with Crippen LogP contribution in [0.25, 0.3) is 0 Å². The summed E-state index contributed by atoms with van der Waals surface area (Å²) >= 11 is 0. The molecule has 0 spiro atoms. The smallest absolute Gasteiger partial charge is 1.00 e. The van der Waals surface area contributed by atoms with Crippen molar-refractivity contribution in [3.63, 3.8) is 0 Å². The van der Waals surface area contributed by atoms with E-state index in [0.717, 1.165) is 12.8 Å². The van der Waals surface area contributed by atoms with Gasteiger partial charge in [-0.1, -0.05) is 19.1 Å². The van der Waals surface area contributed by atoms with Crippen molar-refractivity contribution in [2.24, 2.45) is 0 Å². The maximum absolute atomic E-state index is 2.22. The Balaban J connectivity index is -0.000000422. The van der Waals surface area contributed by atoms with Gasteiger partial charge in [-0.2, -0.15) is 18.1 Å². The second kappa shape index (κ2) is 4.80. The van der Waals surface area contributed by atoms with Gasteiger partial charge in [-0.05, 0) is 12.8 Å². The van der Waals surface area contributed by atoms with Crippen molar-refractivity contribution >= 4 is 0 Å². The molecule has 0 aromatic carbocycles. The van der Waals surface area contributed by atoms with Gasteiger partial charge >= 0.3 is 25.8 Å². The number of rotatable bonds is 2. The molecule has 0 heterocycles. The van der Waals surface area contributed by atoms with Crippen LogP contribution in [0.15, 0.2) is 47.6 Å². The van der Waals surface area contributed by atoms with Gasteiger partial charge in [-0.3, -0.25) is 0 Å². The van der Waals surface area contributed by atoms with Gasteiger partial charge < -0.3 is 4.28 Å². The van der Waals surface area contributed by atoms with Crippen LogP contribution in [0, 0.1) is 5.92 Å². The van der Waals surface area contributed by atoms with E-state index < -0.39 is 0 Å². The zero-order valence-electron chi connectivity index (χ0n) is 10.9. The van der Waals surface area contributed by atoms with E-state index in [-0.39, 0.29) is 30.1 Å². The van der Waals surface area contributed by atoms with E-state index in [1.165, 1.54) is 17.1 Å². The molecule has 0 bridgehead atoms. The quantitative estimate of drug-likeness (QED) is 0.532. The SMILES string of the molecule is C[C-](C1=CC=CC1)C1=CC=CC1.[H-].[H-].[H-].[Hf+4]. The van der Waals surface area contributed by atoms with Crippen molar-refractivity contribution in [2.45, 2.75) is 19.8 Å². The van der Waals surface area contributed by atoms with Gasteiger partial charge in [0.15, 0.2) is 0 Å². The summed E-state index contributed by atoms with van der Waals surface area (Å²) in [6.45, 7) is 2.22. The predicted octanol–water partition coefficient (Wildman–Crippen LogP) is 3.69. The third kappa shape index (κ3) is 2.34. The minimum atomic E-state index is 0. The van der Waals surface area contributed by atoms with Crippen LogP contribution in [0.3, 0.4) is 0 Å².